The van der Waals surface area contributed by atoms with Crippen molar-refractivity contribution in [2.75, 3.05) is 32.9 Å². The fourth-order valence-electron chi connectivity index (χ4n) is 4.76. The van der Waals surface area contributed by atoms with Crippen LogP contribution in [0.25, 0.3) is 11.2 Å². The van der Waals surface area contributed by atoms with Gasteiger partial charge in [-0.2, -0.15) is 9.97 Å². The van der Waals surface area contributed by atoms with Gasteiger partial charge in [-0.05, 0) is 18.2 Å². The summed E-state index contributed by atoms with van der Waals surface area (Å²) < 4.78 is 51.9. The number of H-pyrrole nitrogens is 1. The van der Waals surface area contributed by atoms with E-state index in [0.717, 1.165) is 12.1 Å². The third-order valence-electron chi connectivity index (χ3n) is 6.86. The van der Waals surface area contributed by atoms with Gasteiger partial charge in [-0.15, -0.1) is 0 Å². The van der Waals surface area contributed by atoms with E-state index >= 15 is 0 Å². The summed E-state index contributed by atoms with van der Waals surface area (Å²) in [4.78, 5) is 25.3. The van der Waals surface area contributed by atoms with Gasteiger partial charge in [0.15, 0.2) is 11.8 Å². The van der Waals surface area contributed by atoms with Crippen molar-refractivity contribution in [3.63, 3.8) is 0 Å². The third kappa shape index (κ3) is 6.45. The summed E-state index contributed by atoms with van der Waals surface area (Å²) in [5, 5.41) is 19.0. The Bertz CT molecular complexity index is 1360. The van der Waals surface area contributed by atoms with Crippen molar-refractivity contribution in [1.82, 2.24) is 19.9 Å². The van der Waals surface area contributed by atoms with Gasteiger partial charge in [0, 0.05) is 31.2 Å². The number of carbonyl (C=O) groups excluding carboxylic acids is 1. The molecule has 3 saturated heterocycles. The molecule has 0 aliphatic carbocycles. The average molecular weight is 613 g/mol. The molecule has 3 aromatic rings. The number of carbonyl (C=O) groups is 1. The fourth-order valence-corrected chi connectivity index (χ4v) is 4.97. The Hall–Kier alpha value is -3.10. The smallest absolute Gasteiger partial charge is 0.296 e. The molecular weight excluding hydrogens is 578 g/mol. The number of aliphatic hydroxyl groups excluding tert-OH is 2. The molecule has 3 fully saturated rings. The number of likely N-dealkylation sites (tertiary alicyclic amines) is 1. The summed E-state index contributed by atoms with van der Waals surface area (Å²) in [6.45, 7) is 8.47. The fraction of sp³-hybridized carbons (Fsp3) is 0.536. The first-order valence-corrected chi connectivity index (χ1v) is 14.3. The van der Waals surface area contributed by atoms with Crippen molar-refractivity contribution in [1.29, 1.82) is 0 Å². The number of ether oxygens (including phenoxy) is 4. The van der Waals surface area contributed by atoms with Crippen LogP contribution >= 0.6 is 11.6 Å². The molecule has 3 aliphatic rings. The lowest BCUT2D eigenvalue weighted by molar-refractivity contribution is 0.00706. The van der Waals surface area contributed by atoms with E-state index in [9.17, 15) is 18.7 Å². The first-order chi connectivity index (χ1) is 20.3. The van der Waals surface area contributed by atoms with E-state index < -0.39 is 54.1 Å². The Balaban J connectivity index is 0.000000972. The number of aromatic nitrogens is 3. The quantitative estimate of drug-likeness (QED) is 0.366. The molecule has 3 aliphatic heterocycles. The van der Waals surface area contributed by atoms with Gasteiger partial charge in [0.2, 0.25) is 5.88 Å². The van der Waals surface area contributed by atoms with Crippen LogP contribution in [0.5, 0.6) is 11.9 Å². The van der Waals surface area contributed by atoms with Crippen LogP contribution in [-0.2, 0) is 16.1 Å². The topological polar surface area (TPSA) is 139 Å². The molecule has 6 rings (SSSR count). The highest BCUT2D eigenvalue weighted by Gasteiger charge is 2.48. The lowest BCUT2D eigenvalue weighted by Gasteiger charge is -2.38. The van der Waals surface area contributed by atoms with Gasteiger partial charge in [-0.25, -0.2) is 8.78 Å². The van der Waals surface area contributed by atoms with E-state index in [1.165, 1.54) is 11.0 Å². The van der Waals surface area contributed by atoms with Crippen molar-refractivity contribution < 1.29 is 42.7 Å². The molecule has 1 amide bonds. The van der Waals surface area contributed by atoms with Gasteiger partial charge >= 0.3 is 0 Å². The number of hydrogen-bond acceptors (Lipinski definition) is 9. The van der Waals surface area contributed by atoms with Gasteiger partial charge in [0.25, 0.3) is 11.9 Å². The number of nitrogens with zero attached hydrogens (tertiary/aromatic N) is 3. The summed E-state index contributed by atoms with van der Waals surface area (Å²) in [6.07, 6.45) is -2.08. The van der Waals surface area contributed by atoms with Crippen LogP contribution in [0.3, 0.4) is 0 Å². The number of amides is 1. The van der Waals surface area contributed by atoms with Crippen molar-refractivity contribution in [2.24, 2.45) is 5.92 Å². The third-order valence-corrected chi connectivity index (χ3v) is 7.13. The normalized spacial score (nSPS) is 22.9. The zero-order chi connectivity index (χ0) is 30.6. The van der Waals surface area contributed by atoms with Crippen LogP contribution in [0.4, 0.5) is 8.78 Å². The number of fused-ring (bicyclic) bond motifs is 2. The molecule has 230 valence electrons. The second-order valence-electron chi connectivity index (χ2n) is 9.47. The van der Waals surface area contributed by atoms with Crippen molar-refractivity contribution >= 4 is 28.7 Å². The maximum absolute atomic E-state index is 14.7. The maximum atomic E-state index is 14.7. The lowest BCUT2D eigenvalue weighted by atomic mass is 9.99. The second kappa shape index (κ2) is 13.9. The highest BCUT2D eigenvalue weighted by atomic mass is 35.5. The molecule has 1 unspecified atom stereocenters. The number of pyridine rings is 1. The molecule has 11 nitrogen and oxygen atoms in total. The predicted octanol–water partition coefficient (Wildman–Crippen LogP) is 3.49. The standard InChI is InChI=1S/C24H23ClF2N4O7.2C2H6/c25-13-3-16-21(30-24(28-16)38-18-9-36-19-17(33)8-35-20(18)19)29-22(13)37-7-12-14(26)1-11(2-15(12)27)23(34)31-4-10(5-31)6-32;2*1-2/h1-3,10,17-20,32-33H,4-9H2,(H,28,29,30);2*1-2H3/t17-,18-,19?,20-;;/m1../s1. The highest BCUT2D eigenvalue weighted by Crippen LogP contribution is 2.32. The Morgan fingerprint density at radius 2 is 1.76 bits per heavy atom. The van der Waals surface area contributed by atoms with Gasteiger partial charge in [0.05, 0.1) is 24.3 Å². The number of rotatable bonds is 7. The molecule has 5 heterocycles. The minimum Gasteiger partial charge on any atom is -0.471 e. The highest BCUT2D eigenvalue weighted by molar-refractivity contribution is 6.32. The van der Waals surface area contributed by atoms with Crippen LogP contribution < -0.4 is 9.47 Å². The first kappa shape index (κ1) is 31.8. The Morgan fingerprint density at radius 3 is 2.43 bits per heavy atom. The molecular formula is C28H35ClF2N4O7. The van der Waals surface area contributed by atoms with Gasteiger partial charge in [-0.3, -0.25) is 4.79 Å². The van der Waals surface area contributed by atoms with E-state index in [0.29, 0.717) is 18.6 Å². The first-order valence-electron chi connectivity index (χ1n) is 14.0. The number of aromatic amines is 1. The van der Waals surface area contributed by atoms with Crippen molar-refractivity contribution in [3.05, 3.63) is 46.0 Å². The monoisotopic (exact) mass is 612 g/mol. The molecule has 42 heavy (non-hydrogen) atoms. The van der Waals surface area contributed by atoms with Crippen LogP contribution in [0.15, 0.2) is 18.2 Å². The summed E-state index contributed by atoms with van der Waals surface area (Å²) in [6, 6.07) is 3.53. The summed E-state index contributed by atoms with van der Waals surface area (Å²) in [7, 11) is 0. The lowest BCUT2D eigenvalue weighted by Crippen LogP contribution is -2.51. The number of halogens is 3. The number of aliphatic hydroxyl groups is 2. The van der Waals surface area contributed by atoms with E-state index in [2.05, 4.69) is 15.0 Å². The summed E-state index contributed by atoms with van der Waals surface area (Å²) >= 11 is 6.27. The molecule has 0 saturated carbocycles. The van der Waals surface area contributed by atoms with Crippen molar-refractivity contribution in [2.45, 2.75) is 58.7 Å². The van der Waals surface area contributed by atoms with Crippen LogP contribution in [0, 0.1) is 17.6 Å². The molecule has 1 aromatic carbocycles. The number of hydrogen-bond donors (Lipinski definition) is 3. The molecule has 2 aromatic heterocycles. The predicted molar refractivity (Wildman–Crippen MR) is 149 cm³/mol. The molecule has 0 spiro atoms. The SMILES string of the molecule is CC.CC.O=C(c1cc(F)c(COc2nc3nc(O[C@@H]4COC5[C@H](O)CO[C@@H]54)[nH]c3cc2Cl)c(F)c1)N1CC(CO)C1. The van der Waals surface area contributed by atoms with Crippen LogP contribution in [-0.4, -0.2) is 93.3 Å². The van der Waals surface area contributed by atoms with Gasteiger partial charge in [0.1, 0.15) is 41.6 Å². The molecule has 3 N–H and O–H groups in total. The number of imidazole rings is 1. The Labute approximate surface area is 246 Å². The molecule has 0 bridgehead atoms. The molecule has 14 heteroatoms. The Morgan fingerprint density at radius 1 is 1.10 bits per heavy atom. The van der Waals surface area contributed by atoms with Crippen LogP contribution in [0.2, 0.25) is 5.02 Å². The summed E-state index contributed by atoms with van der Waals surface area (Å²) in [5.74, 6) is -2.53. The van der Waals surface area contributed by atoms with Crippen molar-refractivity contribution in [3.8, 4) is 11.9 Å². The Kier molecular flexibility index (Phi) is 10.5. The largest absolute Gasteiger partial charge is 0.471 e. The zero-order valence-corrected chi connectivity index (χ0v) is 24.5. The maximum Gasteiger partial charge on any atom is 0.296 e. The minimum absolute atomic E-state index is 0.0208. The van der Waals surface area contributed by atoms with E-state index in [1.54, 1.807) is 0 Å². The molecule has 4 atom stereocenters. The average Bonchev–Trinajstić information content (AvgIpc) is 3.66. The number of nitrogens with one attached hydrogen (secondary N) is 1. The molecule has 0 radical (unpaired) electrons. The van der Waals surface area contributed by atoms with Gasteiger partial charge in [-0.1, -0.05) is 39.3 Å². The number of benzene rings is 1. The summed E-state index contributed by atoms with van der Waals surface area (Å²) in [5.41, 5.74) is 0.116. The van der Waals surface area contributed by atoms with E-state index in [1.807, 2.05) is 27.7 Å². The second-order valence-corrected chi connectivity index (χ2v) is 9.88. The zero-order valence-electron chi connectivity index (χ0n) is 23.8. The van der Waals surface area contributed by atoms with E-state index in [-0.39, 0.29) is 53.9 Å². The van der Waals surface area contributed by atoms with E-state index in [4.69, 9.17) is 35.7 Å². The van der Waals surface area contributed by atoms with Gasteiger partial charge < -0.3 is 39.0 Å². The van der Waals surface area contributed by atoms with Crippen LogP contribution in [0.1, 0.15) is 43.6 Å². The minimum atomic E-state index is -0.948.